The largest absolute Gasteiger partial charge is 0.416 e. The van der Waals surface area contributed by atoms with E-state index in [-0.39, 0.29) is 22.2 Å². The zero-order valence-electron chi connectivity index (χ0n) is 16.3. The number of hydrogen-bond donors (Lipinski definition) is 1. The van der Waals surface area contributed by atoms with Crippen LogP contribution in [0.3, 0.4) is 0 Å². The molecule has 1 N–H and O–H groups in total. The molecule has 11 heteroatoms. The van der Waals surface area contributed by atoms with Gasteiger partial charge in [0.05, 0.1) is 35.1 Å². The van der Waals surface area contributed by atoms with Crippen molar-refractivity contribution in [3.63, 3.8) is 0 Å². The van der Waals surface area contributed by atoms with Crippen molar-refractivity contribution in [2.45, 2.75) is 41.4 Å². The fourth-order valence-electron chi connectivity index (χ4n) is 2.89. The summed E-state index contributed by atoms with van der Waals surface area (Å²) >= 11 is 2.61. The molecule has 0 saturated carbocycles. The number of rotatable bonds is 7. The molecule has 1 aromatic heterocycles. The number of nitrogens with zero attached hydrogens (tertiary/aromatic N) is 2. The third-order valence-corrected chi connectivity index (χ3v) is 6.50. The van der Waals surface area contributed by atoms with Crippen molar-refractivity contribution in [1.82, 2.24) is 9.55 Å². The SMILES string of the molecule is COCCn1c(SCC(=O)Nc2ccc(C(F)(F)F)cc2)nc2c(c1=O)SC(C)C2. The van der Waals surface area contributed by atoms with E-state index in [1.807, 2.05) is 6.92 Å². The summed E-state index contributed by atoms with van der Waals surface area (Å²) < 4.78 is 44.5. The molecule has 3 rings (SSSR count). The zero-order valence-corrected chi connectivity index (χ0v) is 17.9. The summed E-state index contributed by atoms with van der Waals surface area (Å²) in [5, 5.41) is 3.24. The number of fused-ring (bicyclic) bond motifs is 1. The molecule has 6 nitrogen and oxygen atoms in total. The fourth-order valence-corrected chi connectivity index (χ4v) is 4.85. The van der Waals surface area contributed by atoms with Gasteiger partial charge in [-0.1, -0.05) is 18.7 Å². The number of amides is 1. The first-order valence-electron chi connectivity index (χ1n) is 9.08. The fraction of sp³-hybridized carbons (Fsp3) is 0.421. The van der Waals surface area contributed by atoms with Gasteiger partial charge in [-0.15, -0.1) is 11.8 Å². The minimum atomic E-state index is -4.43. The van der Waals surface area contributed by atoms with E-state index in [1.165, 1.54) is 35.6 Å². The number of nitrogens with one attached hydrogen (secondary N) is 1. The van der Waals surface area contributed by atoms with Crippen LogP contribution in [-0.4, -0.2) is 40.2 Å². The summed E-state index contributed by atoms with van der Waals surface area (Å²) in [6.45, 7) is 2.66. The highest BCUT2D eigenvalue weighted by molar-refractivity contribution is 8.00. The molecule has 0 fully saturated rings. The molecule has 0 aliphatic carbocycles. The van der Waals surface area contributed by atoms with Crippen molar-refractivity contribution in [3.8, 4) is 0 Å². The summed E-state index contributed by atoms with van der Waals surface area (Å²) in [7, 11) is 1.53. The van der Waals surface area contributed by atoms with Crippen LogP contribution in [0.1, 0.15) is 18.2 Å². The molecule has 0 bridgehead atoms. The number of halogens is 3. The van der Waals surface area contributed by atoms with Crippen LogP contribution in [-0.2, 0) is 28.7 Å². The number of benzene rings is 1. The molecule has 1 aromatic carbocycles. The Morgan fingerprint density at radius 3 is 2.70 bits per heavy atom. The van der Waals surface area contributed by atoms with E-state index in [2.05, 4.69) is 10.3 Å². The standard InChI is InChI=1S/C19H20F3N3O3S2/c1-11-9-14-16(30-11)17(27)25(7-8-28-2)18(24-14)29-10-15(26)23-13-5-3-12(4-6-13)19(20,21)22/h3-6,11H,7-10H2,1-2H3,(H,23,26). The molecule has 0 radical (unpaired) electrons. The number of carbonyl (C=O) groups is 1. The van der Waals surface area contributed by atoms with Gasteiger partial charge in [0.15, 0.2) is 5.16 Å². The van der Waals surface area contributed by atoms with E-state index in [0.29, 0.717) is 29.6 Å². The summed E-state index contributed by atoms with van der Waals surface area (Å²) in [6.07, 6.45) is -3.75. The highest BCUT2D eigenvalue weighted by Gasteiger charge is 2.30. The van der Waals surface area contributed by atoms with Crippen molar-refractivity contribution >= 4 is 35.1 Å². The Balaban J connectivity index is 1.70. The minimum Gasteiger partial charge on any atom is -0.383 e. The Morgan fingerprint density at radius 2 is 2.07 bits per heavy atom. The van der Waals surface area contributed by atoms with E-state index in [4.69, 9.17) is 4.74 Å². The van der Waals surface area contributed by atoms with Crippen LogP contribution < -0.4 is 10.9 Å². The van der Waals surface area contributed by atoms with Crippen molar-refractivity contribution in [2.75, 3.05) is 24.8 Å². The van der Waals surface area contributed by atoms with Crippen LogP contribution >= 0.6 is 23.5 Å². The molecule has 30 heavy (non-hydrogen) atoms. The van der Waals surface area contributed by atoms with Gasteiger partial charge in [-0.2, -0.15) is 13.2 Å². The van der Waals surface area contributed by atoms with Gasteiger partial charge in [-0.3, -0.25) is 14.2 Å². The molecular formula is C19H20F3N3O3S2. The zero-order chi connectivity index (χ0) is 21.9. The Morgan fingerprint density at radius 1 is 1.37 bits per heavy atom. The summed E-state index contributed by atoms with van der Waals surface area (Å²) in [4.78, 5) is 30.3. The van der Waals surface area contributed by atoms with Crippen molar-refractivity contribution in [1.29, 1.82) is 0 Å². The molecule has 1 aliphatic heterocycles. The predicted molar refractivity (Wildman–Crippen MR) is 110 cm³/mol. The van der Waals surface area contributed by atoms with Crippen LogP contribution in [0, 0.1) is 0 Å². The Hall–Kier alpha value is -1.98. The molecule has 2 aromatic rings. The number of hydrogen-bond acceptors (Lipinski definition) is 6. The normalized spacial score (nSPS) is 15.8. The van der Waals surface area contributed by atoms with Gasteiger partial charge in [0.25, 0.3) is 5.56 Å². The Bertz CT molecular complexity index is 978. The second-order valence-electron chi connectivity index (χ2n) is 6.66. The maximum Gasteiger partial charge on any atom is 0.416 e. The average molecular weight is 460 g/mol. The van der Waals surface area contributed by atoms with Gasteiger partial charge in [-0.05, 0) is 24.3 Å². The second-order valence-corrected chi connectivity index (χ2v) is 9.06. The van der Waals surface area contributed by atoms with Crippen LogP contribution in [0.4, 0.5) is 18.9 Å². The van der Waals surface area contributed by atoms with E-state index in [1.54, 1.807) is 0 Å². The molecule has 0 saturated heterocycles. The summed E-state index contributed by atoms with van der Waals surface area (Å²) in [5.41, 5.74) is 0.0675. The van der Waals surface area contributed by atoms with Crippen LogP contribution in [0.5, 0.6) is 0 Å². The number of thioether (sulfide) groups is 2. The third-order valence-electron chi connectivity index (χ3n) is 4.31. The molecule has 1 unspecified atom stereocenters. The first-order valence-corrected chi connectivity index (χ1v) is 10.9. The van der Waals surface area contributed by atoms with E-state index < -0.39 is 17.6 Å². The Labute approximate surface area is 179 Å². The minimum absolute atomic E-state index is 0.0398. The van der Waals surface area contributed by atoms with Gasteiger partial charge in [0.1, 0.15) is 0 Å². The predicted octanol–water partition coefficient (Wildman–Crippen LogP) is 3.68. The van der Waals surface area contributed by atoms with E-state index >= 15 is 0 Å². The first-order chi connectivity index (χ1) is 14.2. The maximum atomic E-state index is 12.8. The van der Waals surface area contributed by atoms with Gasteiger partial charge in [0.2, 0.25) is 5.91 Å². The number of anilines is 1. The first kappa shape index (κ1) is 22.7. The summed E-state index contributed by atoms with van der Waals surface area (Å²) in [6, 6.07) is 4.22. The lowest BCUT2D eigenvalue weighted by Crippen LogP contribution is -2.27. The third kappa shape index (κ3) is 5.38. The monoisotopic (exact) mass is 459 g/mol. The molecule has 1 aliphatic rings. The highest BCUT2D eigenvalue weighted by atomic mass is 32.2. The molecule has 162 valence electrons. The highest BCUT2D eigenvalue weighted by Crippen LogP contribution is 2.34. The lowest BCUT2D eigenvalue weighted by atomic mass is 10.2. The molecule has 1 atom stereocenters. The van der Waals surface area contributed by atoms with Gasteiger partial charge in [-0.25, -0.2) is 4.98 Å². The van der Waals surface area contributed by atoms with Crippen molar-refractivity contribution in [3.05, 3.63) is 45.9 Å². The number of methoxy groups -OCH3 is 1. The molecule has 2 heterocycles. The van der Waals surface area contributed by atoms with Crippen LogP contribution in [0.25, 0.3) is 0 Å². The number of alkyl halides is 3. The van der Waals surface area contributed by atoms with Crippen LogP contribution in [0.15, 0.2) is 39.1 Å². The van der Waals surface area contributed by atoms with Crippen molar-refractivity contribution < 1.29 is 22.7 Å². The smallest absolute Gasteiger partial charge is 0.383 e. The van der Waals surface area contributed by atoms with Crippen molar-refractivity contribution in [2.24, 2.45) is 0 Å². The Kier molecular flexibility index (Phi) is 7.14. The van der Waals surface area contributed by atoms with Gasteiger partial charge < -0.3 is 10.1 Å². The van der Waals surface area contributed by atoms with E-state index in [9.17, 15) is 22.8 Å². The van der Waals surface area contributed by atoms with Crippen LogP contribution in [0.2, 0.25) is 0 Å². The second kappa shape index (κ2) is 9.44. The lowest BCUT2D eigenvalue weighted by Gasteiger charge is -2.13. The number of ether oxygens (including phenoxy) is 1. The van der Waals surface area contributed by atoms with Gasteiger partial charge in [0, 0.05) is 24.5 Å². The average Bonchev–Trinajstić information content (AvgIpc) is 3.06. The molecule has 1 amide bonds. The summed E-state index contributed by atoms with van der Waals surface area (Å²) in [5.74, 6) is -0.447. The number of carbonyl (C=O) groups excluding carboxylic acids is 1. The molecular weight excluding hydrogens is 439 g/mol. The lowest BCUT2D eigenvalue weighted by molar-refractivity contribution is -0.137. The number of aromatic nitrogens is 2. The molecule has 0 spiro atoms. The topological polar surface area (TPSA) is 73.2 Å². The maximum absolute atomic E-state index is 12.8. The van der Waals surface area contributed by atoms with Gasteiger partial charge >= 0.3 is 6.18 Å². The quantitative estimate of drug-likeness (QED) is 0.503. The van der Waals surface area contributed by atoms with E-state index in [0.717, 1.165) is 29.6 Å².